The molecule has 1 atom stereocenters. The monoisotopic (exact) mass is 373 g/mol. The average molecular weight is 373 g/mol. The van der Waals surface area contributed by atoms with Crippen molar-refractivity contribution in [1.29, 1.82) is 0 Å². The van der Waals surface area contributed by atoms with Crippen LogP contribution in [0.5, 0.6) is 11.5 Å². The van der Waals surface area contributed by atoms with Gasteiger partial charge in [-0.3, -0.25) is 4.99 Å². The van der Waals surface area contributed by atoms with Crippen molar-refractivity contribution in [3.05, 3.63) is 23.8 Å². The third-order valence-electron chi connectivity index (χ3n) is 4.24. The first-order valence-electron chi connectivity index (χ1n) is 8.64. The molecule has 2 rings (SSSR count). The van der Waals surface area contributed by atoms with Crippen LogP contribution in [0.15, 0.2) is 23.2 Å². The van der Waals surface area contributed by atoms with Gasteiger partial charge in [-0.25, -0.2) is 0 Å². The highest BCUT2D eigenvalue weighted by Crippen LogP contribution is 2.29. The van der Waals surface area contributed by atoms with Gasteiger partial charge in [0, 0.05) is 26.7 Å². The summed E-state index contributed by atoms with van der Waals surface area (Å²) >= 11 is 0. The molecule has 1 aromatic carbocycles. The Bertz CT molecular complexity index is 620. The molecule has 1 unspecified atom stereocenters. The molecule has 0 aliphatic carbocycles. The van der Waals surface area contributed by atoms with Crippen LogP contribution in [0.4, 0.5) is 13.2 Å². The lowest BCUT2D eigenvalue weighted by Gasteiger charge is -2.33. The molecule has 1 fully saturated rings. The van der Waals surface area contributed by atoms with E-state index < -0.39 is 12.8 Å². The van der Waals surface area contributed by atoms with Crippen LogP contribution in [0, 0.1) is 5.92 Å². The van der Waals surface area contributed by atoms with E-state index in [1.54, 1.807) is 19.2 Å². The minimum absolute atomic E-state index is 0.0720. The largest absolute Gasteiger partial charge is 0.493 e. The lowest BCUT2D eigenvalue weighted by atomic mass is 10.0. The van der Waals surface area contributed by atoms with Gasteiger partial charge >= 0.3 is 6.18 Å². The molecule has 1 heterocycles. The van der Waals surface area contributed by atoms with Crippen LogP contribution in [0.25, 0.3) is 0 Å². The van der Waals surface area contributed by atoms with Crippen molar-refractivity contribution in [3.63, 3.8) is 0 Å². The molecule has 26 heavy (non-hydrogen) atoms. The van der Waals surface area contributed by atoms with E-state index in [9.17, 15) is 13.2 Å². The molecule has 0 amide bonds. The number of hydrogen-bond donors (Lipinski definition) is 1. The number of piperidine rings is 1. The van der Waals surface area contributed by atoms with E-state index in [1.807, 2.05) is 0 Å². The first kappa shape index (κ1) is 20.2. The summed E-state index contributed by atoms with van der Waals surface area (Å²) in [7, 11) is 3.15. The highest BCUT2D eigenvalue weighted by Gasteiger charge is 2.29. The molecule has 0 saturated carbocycles. The van der Waals surface area contributed by atoms with Crippen molar-refractivity contribution in [2.45, 2.75) is 32.5 Å². The smallest absolute Gasteiger partial charge is 0.422 e. The molecule has 0 radical (unpaired) electrons. The van der Waals surface area contributed by atoms with Crippen molar-refractivity contribution in [1.82, 2.24) is 10.2 Å². The number of hydrogen-bond acceptors (Lipinski definition) is 3. The number of methoxy groups -OCH3 is 1. The Balaban J connectivity index is 1.98. The normalized spacial score (nSPS) is 18.6. The maximum atomic E-state index is 12.3. The van der Waals surface area contributed by atoms with Crippen LogP contribution in [0.2, 0.25) is 0 Å². The lowest BCUT2D eigenvalue weighted by molar-refractivity contribution is -0.153. The van der Waals surface area contributed by atoms with Gasteiger partial charge in [0.1, 0.15) is 0 Å². The Morgan fingerprint density at radius 1 is 1.35 bits per heavy atom. The van der Waals surface area contributed by atoms with E-state index in [0.29, 0.717) is 12.5 Å². The molecule has 0 bridgehead atoms. The number of aliphatic imine (C=N–C) groups is 1. The van der Waals surface area contributed by atoms with Gasteiger partial charge in [0.05, 0.1) is 7.11 Å². The summed E-state index contributed by atoms with van der Waals surface area (Å²) in [6, 6.07) is 4.88. The first-order chi connectivity index (χ1) is 12.3. The average Bonchev–Trinajstić information content (AvgIpc) is 2.60. The predicted molar refractivity (Wildman–Crippen MR) is 94.7 cm³/mol. The predicted octanol–water partition coefficient (Wildman–Crippen LogP) is 3.44. The molecule has 146 valence electrons. The maximum absolute atomic E-state index is 12.3. The summed E-state index contributed by atoms with van der Waals surface area (Å²) < 4.78 is 46.9. The Hall–Kier alpha value is -2.12. The van der Waals surface area contributed by atoms with Crippen molar-refractivity contribution in [3.8, 4) is 11.5 Å². The van der Waals surface area contributed by atoms with Crippen LogP contribution >= 0.6 is 0 Å². The van der Waals surface area contributed by atoms with E-state index >= 15 is 0 Å². The number of benzene rings is 1. The van der Waals surface area contributed by atoms with Gasteiger partial charge in [-0.15, -0.1) is 0 Å². The van der Waals surface area contributed by atoms with E-state index in [1.165, 1.54) is 19.6 Å². The van der Waals surface area contributed by atoms with Crippen molar-refractivity contribution in [2.75, 3.05) is 33.9 Å². The fourth-order valence-electron chi connectivity index (χ4n) is 3.00. The van der Waals surface area contributed by atoms with Crippen molar-refractivity contribution in [2.24, 2.45) is 10.9 Å². The molecule has 1 aliphatic rings. The third kappa shape index (κ3) is 6.00. The van der Waals surface area contributed by atoms with Crippen LogP contribution in [-0.4, -0.2) is 50.9 Å². The first-order valence-corrected chi connectivity index (χ1v) is 8.64. The third-order valence-corrected chi connectivity index (χ3v) is 4.24. The summed E-state index contributed by atoms with van der Waals surface area (Å²) in [6.07, 6.45) is -2.02. The molecule has 1 aromatic rings. The maximum Gasteiger partial charge on any atom is 0.422 e. The molecule has 0 aromatic heterocycles. The molecular formula is C18H26F3N3O2. The minimum atomic E-state index is -4.39. The molecule has 5 nitrogen and oxygen atoms in total. The van der Waals surface area contributed by atoms with Gasteiger partial charge in [-0.1, -0.05) is 13.0 Å². The molecule has 1 saturated heterocycles. The lowest BCUT2D eigenvalue weighted by Crippen LogP contribution is -2.45. The fourth-order valence-corrected chi connectivity index (χ4v) is 3.00. The SMILES string of the molecule is CN=C(NCc1ccc(OCC(F)(F)F)c(OC)c1)N1CCCC(C)C1. The minimum Gasteiger partial charge on any atom is -0.493 e. The second-order valence-electron chi connectivity index (χ2n) is 6.48. The molecule has 1 N–H and O–H groups in total. The zero-order chi connectivity index (χ0) is 19.2. The number of halogens is 3. The second kappa shape index (κ2) is 9.00. The van der Waals surface area contributed by atoms with Gasteiger partial charge in [-0.2, -0.15) is 13.2 Å². The molecular weight excluding hydrogens is 347 g/mol. The zero-order valence-corrected chi connectivity index (χ0v) is 15.4. The standard InChI is InChI=1S/C18H26F3N3O2/c1-13-5-4-8-24(11-13)17(22-2)23-10-14-6-7-15(16(9-14)25-3)26-12-18(19,20)21/h6-7,9,13H,4-5,8,10-12H2,1-3H3,(H,22,23). The number of ether oxygens (including phenoxy) is 2. The quantitative estimate of drug-likeness (QED) is 0.634. The Labute approximate surface area is 152 Å². The van der Waals surface area contributed by atoms with E-state index in [-0.39, 0.29) is 11.5 Å². The van der Waals surface area contributed by atoms with Gasteiger partial charge in [0.15, 0.2) is 24.1 Å². The number of rotatable bonds is 5. The zero-order valence-electron chi connectivity index (χ0n) is 15.4. The van der Waals surface area contributed by atoms with E-state index in [2.05, 4.69) is 22.1 Å². The Morgan fingerprint density at radius 2 is 2.12 bits per heavy atom. The number of likely N-dealkylation sites (tertiary alicyclic amines) is 1. The number of guanidine groups is 1. The summed E-state index contributed by atoms with van der Waals surface area (Å²) in [5.41, 5.74) is 0.868. The highest BCUT2D eigenvalue weighted by atomic mass is 19.4. The van der Waals surface area contributed by atoms with Gasteiger partial charge in [0.25, 0.3) is 0 Å². The van der Waals surface area contributed by atoms with Gasteiger partial charge < -0.3 is 19.7 Å². The number of nitrogens with zero attached hydrogens (tertiary/aromatic N) is 2. The second-order valence-corrected chi connectivity index (χ2v) is 6.48. The van der Waals surface area contributed by atoms with Crippen LogP contribution in [0.3, 0.4) is 0 Å². The van der Waals surface area contributed by atoms with Crippen molar-refractivity contribution < 1.29 is 22.6 Å². The van der Waals surface area contributed by atoms with E-state index in [4.69, 9.17) is 9.47 Å². The van der Waals surface area contributed by atoms with Gasteiger partial charge in [0.2, 0.25) is 0 Å². The number of alkyl halides is 3. The number of nitrogens with one attached hydrogen (secondary N) is 1. The van der Waals surface area contributed by atoms with Gasteiger partial charge in [-0.05, 0) is 36.5 Å². The van der Waals surface area contributed by atoms with E-state index in [0.717, 1.165) is 31.0 Å². The van der Waals surface area contributed by atoms with Crippen LogP contribution < -0.4 is 14.8 Å². The summed E-state index contributed by atoms with van der Waals surface area (Å²) in [6.45, 7) is 3.31. The van der Waals surface area contributed by atoms with Crippen LogP contribution in [0.1, 0.15) is 25.3 Å². The fraction of sp³-hybridized carbons (Fsp3) is 0.611. The molecule has 8 heteroatoms. The summed E-state index contributed by atoms with van der Waals surface area (Å²) in [5, 5.41) is 3.30. The summed E-state index contributed by atoms with van der Waals surface area (Å²) in [4.78, 5) is 6.56. The summed E-state index contributed by atoms with van der Waals surface area (Å²) in [5.74, 6) is 1.80. The Kier molecular flexibility index (Phi) is 6.99. The molecule has 0 spiro atoms. The van der Waals surface area contributed by atoms with Crippen LogP contribution in [-0.2, 0) is 6.54 Å². The molecule has 1 aliphatic heterocycles. The topological polar surface area (TPSA) is 46.1 Å². The Morgan fingerprint density at radius 3 is 2.73 bits per heavy atom. The van der Waals surface area contributed by atoms with Crippen molar-refractivity contribution >= 4 is 5.96 Å². The highest BCUT2D eigenvalue weighted by molar-refractivity contribution is 5.80.